The van der Waals surface area contributed by atoms with Gasteiger partial charge in [-0.25, -0.2) is 9.78 Å². The number of hydrogen-bond acceptors (Lipinski definition) is 6. The summed E-state index contributed by atoms with van der Waals surface area (Å²) in [5, 5.41) is 2.57. The topological polar surface area (TPSA) is 51.7 Å². The van der Waals surface area contributed by atoms with Gasteiger partial charge in [0.25, 0.3) is 0 Å². The van der Waals surface area contributed by atoms with Gasteiger partial charge >= 0.3 is 5.97 Å². The van der Waals surface area contributed by atoms with E-state index >= 15 is 0 Å². The number of morpholine rings is 1. The first kappa shape index (κ1) is 19.8. The molecule has 0 saturated carbocycles. The maximum absolute atomic E-state index is 12.4. The zero-order valence-electron chi connectivity index (χ0n) is 16.4. The van der Waals surface area contributed by atoms with Gasteiger partial charge in [0.05, 0.1) is 6.61 Å². The fourth-order valence-electron chi connectivity index (χ4n) is 3.31. The summed E-state index contributed by atoms with van der Waals surface area (Å²) in [5.41, 5.74) is 3.82. The van der Waals surface area contributed by atoms with E-state index in [1.54, 1.807) is 5.38 Å². The molecule has 1 aliphatic rings. The third-order valence-electron chi connectivity index (χ3n) is 4.88. The van der Waals surface area contributed by atoms with E-state index in [0.29, 0.717) is 12.3 Å². The van der Waals surface area contributed by atoms with Crippen LogP contribution in [0.25, 0.3) is 10.6 Å². The van der Waals surface area contributed by atoms with E-state index in [4.69, 9.17) is 9.47 Å². The van der Waals surface area contributed by atoms with Gasteiger partial charge in [-0.1, -0.05) is 60.2 Å². The van der Waals surface area contributed by atoms with E-state index in [2.05, 4.69) is 22.0 Å². The molecule has 6 heteroatoms. The van der Waals surface area contributed by atoms with Crippen molar-refractivity contribution >= 4 is 17.3 Å². The summed E-state index contributed by atoms with van der Waals surface area (Å²) in [4.78, 5) is 19.2. The van der Waals surface area contributed by atoms with Gasteiger partial charge in [0.15, 0.2) is 5.69 Å². The van der Waals surface area contributed by atoms with E-state index in [1.807, 2.05) is 49.4 Å². The first-order chi connectivity index (χ1) is 14.2. The molecule has 1 aliphatic heterocycles. The number of benzene rings is 2. The minimum atomic E-state index is -0.400. The van der Waals surface area contributed by atoms with Crippen LogP contribution in [0.4, 0.5) is 0 Å². The number of hydrogen-bond donors (Lipinski definition) is 0. The highest BCUT2D eigenvalue weighted by atomic mass is 32.1. The van der Waals surface area contributed by atoms with Crippen LogP contribution in [0.1, 0.15) is 21.6 Å². The highest BCUT2D eigenvalue weighted by molar-refractivity contribution is 7.13. The van der Waals surface area contributed by atoms with Gasteiger partial charge in [0, 0.05) is 30.6 Å². The molecule has 3 aromatic rings. The summed E-state index contributed by atoms with van der Waals surface area (Å²) in [6, 6.07) is 18.5. The van der Waals surface area contributed by atoms with Gasteiger partial charge in [-0.05, 0) is 12.5 Å². The monoisotopic (exact) mass is 408 g/mol. The molecule has 0 radical (unpaired) electrons. The largest absolute Gasteiger partial charge is 0.458 e. The molecule has 1 unspecified atom stereocenters. The number of aryl methyl sites for hydroxylation is 1. The number of carbonyl (C=O) groups is 1. The van der Waals surface area contributed by atoms with Gasteiger partial charge in [0.1, 0.15) is 17.7 Å². The Labute approximate surface area is 174 Å². The van der Waals surface area contributed by atoms with E-state index in [9.17, 15) is 4.79 Å². The average Bonchev–Trinajstić information content (AvgIpc) is 3.24. The van der Waals surface area contributed by atoms with Crippen LogP contribution in [0.15, 0.2) is 60.0 Å². The fourth-order valence-corrected chi connectivity index (χ4v) is 4.10. The highest BCUT2D eigenvalue weighted by Crippen LogP contribution is 2.24. The Balaban J connectivity index is 1.29. The number of ether oxygens (including phenoxy) is 2. The maximum atomic E-state index is 12.4. The standard InChI is InChI=1S/C23H24N2O3S/c1-17-7-9-19(10-8-17)22-24-21(16-29-22)23(26)28-15-20-14-25(11-12-27-20)13-18-5-3-2-4-6-18/h2-10,16,20H,11-15H2,1H3. The second kappa shape index (κ2) is 9.31. The molecule has 1 fully saturated rings. The summed E-state index contributed by atoms with van der Waals surface area (Å²) >= 11 is 1.45. The summed E-state index contributed by atoms with van der Waals surface area (Å²) in [5.74, 6) is -0.400. The van der Waals surface area contributed by atoms with Crippen molar-refractivity contribution in [2.24, 2.45) is 0 Å². The van der Waals surface area contributed by atoms with Crippen LogP contribution in [0.3, 0.4) is 0 Å². The molecule has 0 aliphatic carbocycles. The number of nitrogens with zero attached hydrogens (tertiary/aromatic N) is 2. The van der Waals surface area contributed by atoms with Gasteiger partial charge in [-0.15, -0.1) is 11.3 Å². The van der Waals surface area contributed by atoms with Crippen molar-refractivity contribution in [1.82, 2.24) is 9.88 Å². The molecule has 0 spiro atoms. The van der Waals surface area contributed by atoms with Gasteiger partial charge < -0.3 is 9.47 Å². The zero-order valence-corrected chi connectivity index (χ0v) is 17.2. The molecule has 1 atom stereocenters. The normalized spacial score (nSPS) is 17.2. The van der Waals surface area contributed by atoms with Crippen LogP contribution >= 0.6 is 11.3 Å². The summed E-state index contributed by atoms with van der Waals surface area (Å²) in [6.45, 7) is 5.42. The summed E-state index contributed by atoms with van der Waals surface area (Å²) in [6.07, 6.45) is -0.119. The molecule has 0 N–H and O–H groups in total. The minimum absolute atomic E-state index is 0.119. The number of esters is 1. The molecule has 150 valence electrons. The average molecular weight is 409 g/mol. The minimum Gasteiger partial charge on any atom is -0.458 e. The predicted molar refractivity (Wildman–Crippen MR) is 114 cm³/mol. The van der Waals surface area contributed by atoms with Gasteiger partial charge in [0.2, 0.25) is 0 Å². The molecule has 1 saturated heterocycles. The van der Waals surface area contributed by atoms with Crippen LogP contribution in [0.2, 0.25) is 0 Å². The van der Waals surface area contributed by atoms with Crippen LogP contribution in [-0.2, 0) is 16.0 Å². The smallest absolute Gasteiger partial charge is 0.357 e. The molecule has 4 rings (SSSR count). The molecule has 2 aromatic carbocycles. The SMILES string of the molecule is Cc1ccc(-c2nc(C(=O)OCC3CN(Cc4ccccc4)CCO3)cs2)cc1. The van der Waals surface area contributed by atoms with Crippen molar-refractivity contribution in [3.63, 3.8) is 0 Å². The lowest BCUT2D eigenvalue weighted by Crippen LogP contribution is -2.44. The Hall–Kier alpha value is -2.54. The molecule has 29 heavy (non-hydrogen) atoms. The first-order valence-electron chi connectivity index (χ1n) is 9.75. The van der Waals surface area contributed by atoms with E-state index in [1.165, 1.54) is 22.5 Å². The van der Waals surface area contributed by atoms with Crippen molar-refractivity contribution in [2.45, 2.75) is 19.6 Å². The Kier molecular flexibility index (Phi) is 6.34. The molecule has 0 amide bonds. The second-order valence-corrected chi connectivity index (χ2v) is 8.07. The predicted octanol–water partition coefficient (Wildman–Crippen LogP) is 4.18. The van der Waals surface area contributed by atoms with E-state index in [-0.39, 0.29) is 12.7 Å². The quantitative estimate of drug-likeness (QED) is 0.573. The van der Waals surface area contributed by atoms with E-state index < -0.39 is 5.97 Å². The van der Waals surface area contributed by atoms with Gasteiger partial charge in [-0.2, -0.15) is 0 Å². The van der Waals surface area contributed by atoms with Crippen molar-refractivity contribution in [2.75, 3.05) is 26.3 Å². The third-order valence-corrected chi connectivity index (χ3v) is 5.78. The van der Waals surface area contributed by atoms with Crippen molar-refractivity contribution in [3.05, 3.63) is 76.8 Å². The number of thiazole rings is 1. The molecular weight excluding hydrogens is 384 g/mol. The lowest BCUT2D eigenvalue weighted by atomic mass is 10.2. The van der Waals surface area contributed by atoms with Crippen LogP contribution < -0.4 is 0 Å². The Morgan fingerprint density at radius 1 is 1.21 bits per heavy atom. The van der Waals surface area contributed by atoms with Crippen molar-refractivity contribution < 1.29 is 14.3 Å². The summed E-state index contributed by atoms with van der Waals surface area (Å²) < 4.78 is 11.3. The molecule has 5 nitrogen and oxygen atoms in total. The highest BCUT2D eigenvalue weighted by Gasteiger charge is 2.23. The maximum Gasteiger partial charge on any atom is 0.357 e. The van der Waals surface area contributed by atoms with Crippen molar-refractivity contribution in [1.29, 1.82) is 0 Å². The second-order valence-electron chi connectivity index (χ2n) is 7.22. The van der Waals surface area contributed by atoms with Crippen LogP contribution in [0, 0.1) is 6.92 Å². The zero-order chi connectivity index (χ0) is 20.1. The Morgan fingerprint density at radius 2 is 2.00 bits per heavy atom. The number of carbonyl (C=O) groups excluding carboxylic acids is 1. The number of aromatic nitrogens is 1. The van der Waals surface area contributed by atoms with Crippen LogP contribution in [-0.4, -0.2) is 48.3 Å². The van der Waals surface area contributed by atoms with E-state index in [0.717, 1.165) is 30.2 Å². The third kappa shape index (κ3) is 5.29. The molecule has 1 aromatic heterocycles. The number of rotatable bonds is 6. The van der Waals surface area contributed by atoms with Gasteiger partial charge in [-0.3, -0.25) is 4.90 Å². The molecule has 0 bridgehead atoms. The fraction of sp³-hybridized carbons (Fsp3) is 0.304. The Morgan fingerprint density at radius 3 is 2.79 bits per heavy atom. The lowest BCUT2D eigenvalue weighted by Gasteiger charge is -2.32. The Bertz CT molecular complexity index is 940. The van der Waals surface area contributed by atoms with Crippen molar-refractivity contribution in [3.8, 4) is 10.6 Å². The lowest BCUT2D eigenvalue weighted by molar-refractivity contribution is -0.0613. The molecule has 2 heterocycles. The van der Waals surface area contributed by atoms with Crippen LogP contribution in [0.5, 0.6) is 0 Å². The first-order valence-corrected chi connectivity index (χ1v) is 10.6. The summed E-state index contributed by atoms with van der Waals surface area (Å²) in [7, 11) is 0. The molecular formula is C23H24N2O3S.